The molecule has 0 unspecified atom stereocenters. The second-order valence-electron chi connectivity index (χ2n) is 3.29. The minimum atomic E-state index is -3.57. The molecule has 0 aliphatic carbocycles. The molecular formula is C10H12O6S. The van der Waals surface area contributed by atoms with Gasteiger partial charge in [0.25, 0.3) is 0 Å². The highest BCUT2D eigenvalue weighted by Crippen LogP contribution is 2.34. The van der Waals surface area contributed by atoms with Crippen LogP contribution >= 0.6 is 0 Å². The molecule has 6 nitrogen and oxygen atoms in total. The van der Waals surface area contributed by atoms with Crippen LogP contribution in [0.2, 0.25) is 0 Å². The zero-order valence-electron chi connectivity index (χ0n) is 9.55. The Hall–Kier alpha value is -1.76. The normalized spacial score (nSPS) is 11.0. The monoisotopic (exact) mass is 260 g/mol. The van der Waals surface area contributed by atoms with Crippen LogP contribution in [0.15, 0.2) is 17.0 Å². The maximum atomic E-state index is 11.6. The first kappa shape index (κ1) is 13.3. The van der Waals surface area contributed by atoms with Crippen LogP contribution < -0.4 is 9.47 Å². The molecule has 94 valence electrons. The Morgan fingerprint density at radius 1 is 1.18 bits per heavy atom. The fourth-order valence-electron chi connectivity index (χ4n) is 1.37. The van der Waals surface area contributed by atoms with E-state index in [0.29, 0.717) is 0 Å². The minimum absolute atomic E-state index is 0.0516. The largest absolute Gasteiger partial charge is 0.495 e. The van der Waals surface area contributed by atoms with E-state index in [2.05, 4.69) is 0 Å². The van der Waals surface area contributed by atoms with Gasteiger partial charge in [-0.3, -0.25) is 0 Å². The summed E-state index contributed by atoms with van der Waals surface area (Å²) in [5.41, 5.74) is -0.105. The molecule has 17 heavy (non-hydrogen) atoms. The lowest BCUT2D eigenvalue weighted by Crippen LogP contribution is -2.06. The van der Waals surface area contributed by atoms with Crippen molar-refractivity contribution in [2.45, 2.75) is 4.90 Å². The van der Waals surface area contributed by atoms with Crippen LogP contribution in [0.4, 0.5) is 0 Å². The maximum Gasteiger partial charge on any atom is 0.335 e. The molecule has 0 saturated carbocycles. The van der Waals surface area contributed by atoms with Gasteiger partial charge in [0.15, 0.2) is 14.7 Å². The number of hydrogen-bond acceptors (Lipinski definition) is 5. The summed E-state index contributed by atoms with van der Waals surface area (Å²) in [5, 5.41) is 8.86. The van der Waals surface area contributed by atoms with Gasteiger partial charge in [-0.2, -0.15) is 0 Å². The third kappa shape index (κ3) is 2.68. The van der Waals surface area contributed by atoms with Crippen LogP contribution in [-0.4, -0.2) is 40.0 Å². The predicted molar refractivity (Wildman–Crippen MR) is 59.6 cm³/mol. The van der Waals surface area contributed by atoms with Crippen molar-refractivity contribution in [2.24, 2.45) is 0 Å². The zero-order valence-corrected chi connectivity index (χ0v) is 10.4. The number of carboxylic acid groups (broad SMARTS) is 1. The SMILES string of the molecule is COc1cc(C(=O)O)cc(OC)c1S(C)(=O)=O. The van der Waals surface area contributed by atoms with Gasteiger partial charge in [-0.05, 0) is 12.1 Å². The first-order chi connectivity index (χ1) is 7.81. The summed E-state index contributed by atoms with van der Waals surface area (Å²) in [5.74, 6) is -1.30. The van der Waals surface area contributed by atoms with Crippen LogP contribution in [-0.2, 0) is 9.84 Å². The van der Waals surface area contributed by atoms with Crippen LogP contribution in [0.1, 0.15) is 10.4 Å². The number of ether oxygens (including phenoxy) is 2. The predicted octanol–water partition coefficient (Wildman–Crippen LogP) is 0.805. The van der Waals surface area contributed by atoms with Gasteiger partial charge in [0, 0.05) is 6.26 Å². The molecular weight excluding hydrogens is 248 g/mol. The fraction of sp³-hybridized carbons (Fsp3) is 0.300. The molecule has 0 radical (unpaired) electrons. The second-order valence-corrected chi connectivity index (χ2v) is 5.24. The molecule has 0 aliphatic heterocycles. The van der Waals surface area contributed by atoms with Crippen molar-refractivity contribution in [3.05, 3.63) is 17.7 Å². The average Bonchev–Trinajstić information content (AvgIpc) is 2.25. The molecule has 0 amide bonds. The van der Waals surface area contributed by atoms with E-state index in [1.54, 1.807) is 0 Å². The summed E-state index contributed by atoms with van der Waals surface area (Å²) in [7, 11) is -1.06. The van der Waals surface area contributed by atoms with Gasteiger partial charge >= 0.3 is 5.97 Å². The Balaban J connectivity index is 3.65. The third-order valence-corrected chi connectivity index (χ3v) is 3.22. The van der Waals surface area contributed by atoms with E-state index in [-0.39, 0.29) is 22.0 Å². The first-order valence-electron chi connectivity index (χ1n) is 4.50. The number of methoxy groups -OCH3 is 2. The Kier molecular flexibility index (Phi) is 3.62. The molecule has 1 aromatic carbocycles. The zero-order chi connectivity index (χ0) is 13.2. The number of aromatic carboxylic acids is 1. The van der Waals surface area contributed by atoms with Crippen molar-refractivity contribution < 1.29 is 27.8 Å². The second kappa shape index (κ2) is 4.62. The summed E-state index contributed by atoms with van der Waals surface area (Å²) >= 11 is 0. The Bertz CT molecular complexity index is 521. The highest BCUT2D eigenvalue weighted by Gasteiger charge is 2.23. The van der Waals surface area contributed by atoms with E-state index in [1.165, 1.54) is 14.2 Å². The Labute approximate surface area is 98.7 Å². The summed E-state index contributed by atoms with van der Waals surface area (Å²) in [6, 6.07) is 2.28. The number of hydrogen-bond donors (Lipinski definition) is 1. The third-order valence-electron chi connectivity index (χ3n) is 2.08. The van der Waals surface area contributed by atoms with Crippen molar-refractivity contribution in [3.63, 3.8) is 0 Å². The van der Waals surface area contributed by atoms with E-state index < -0.39 is 15.8 Å². The van der Waals surface area contributed by atoms with Crippen LogP contribution in [0.5, 0.6) is 11.5 Å². The lowest BCUT2D eigenvalue weighted by atomic mass is 10.2. The van der Waals surface area contributed by atoms with Crippen molar-refractivity contribution in [2.75, 3.05) is 20.5 Å². The van der Waals surface area contributed by atoms with Gasteiger partial charge in [-0.15, -0.1) is 0 Å². The van der Waals surface area contributed by atoms with Gasteiger partial charge in [-0.1, -0.05) is 0 Å². The first-order valence-corrected chi connectivity index (χ1v) is 6.39. The summed E-state index contributed by atoms with van der Waals surface area (Å²) in [6.07, 6.45) is 0.994. The van der Waals surface area contributed by atoms with Crippen LogP contribution in [0.25, 0.3) is 0 Å². The van der Waals surface area contributed by atoms with E-state index in [9.17, 15) is 13.2 Å². The molecule has 0 spiro atoms. The van der Waals surface area contributed by atoms with Gasteiger partial charge in [0.05, 0.1) is 19.8 Å². The number of carbonyl (C=O) groups is 1. The molecule has 1 aromatic rings. The lowest BCUT2D eigenvalue weighted by Gasteiger charge is -2.12. The van der Waals surface area contributed by atoms with Crippen LogP contribution in [0, 0.1) is 0 Å². The summed E-state index contributed by atoms with van der Waals surface area (Å²) in [4.78, 5) is 10.7. The Morgan fingerprint density at radius 2 is 1.59 bits per heavy atom. The van der Waals surface area contributed by atoms with Crippen molar-refractivity contribution >= 4 is 15.8 Å². The van der Waals surface area contributed by atoms with Gasteiger partial charge in [0.2, 0.25) is 0 Å². The number of benzene rings is 1. The van der Waals surface area contributed by atoms with E-state index in [1.807, 2.05) is 0 Å². The maximum absolute atomic E-state index is 11.6. The lowest BCUT2D eigenvalue weighted by molar-refractivity contribution is 0.0696. The molecule has 7 heteroatoms. The smallest absolute Gasteiger partial charge is 0.335 e. The van der Waals surface area contributed by atoms with Gasteiger partial charge in [0.1, 0.15) is 11.5 Å². The summed E-state index contributed by atoms with van der Waals surface area (Å²) in [6.45, 7) is 0. The molecule has 0 heterocycles. The average molecular weight is 260 g/mol. The van der Waals surface area contributed by atoms with Crippen molar-refractivity contribution in [3.8, 4) is 11.5 Å². The van der Waals surface area contributed by atoms with Crippen molar-refractivity contribution in [1.29, 1.82) is 0 Å². The van der Waals surface area contributed by atoms with Gasteiger partial charge < -0.3 is 14.6 Å². The molecule has 0 bridgehead atoms. The molecule has 0 saturated heterocycles. The molecule has 0 aliphatic rings. The van der Waals surface area contributed by atoms with E-state index in [0.717, 1.165) is 18.4 Å². The molecule has 0 fully saturated rings. The van der Waals surface area contributed by atoms with Gasteiger partial charge in [-0.25, -0.2) is 13.2 Å². The highest BCUT2D eigenvalue weighted by molar-refractivity contribution is 7.91. The Morgan fingerprint density at radius 3 is 1.82 bits per heavy atom. The number of carboxylic acids is 1. The molecule has 0 atom stereocenters. The topological polar surface area (TPSA) is 89.9 Å². The summed E-state index contributed by atoms with van der Waals surface area (Å²) < 4.78 is 32.9. The van der Waals surface area contributed by atoms with Crippen molar-refractivity contribution in [1.82, 2.24) is 0 Å². The number of sulfone groups is 1. The molecule has 1 N–H and O–H groups in total. The van der Waals surface area contributed by atoms with E-state index >= 15 is 0 Å². The van der Waals surface area contributed by atoms with E-state index in [4.69, 9.17) is 14.6 Å². The molecule has 1 rings (SSSR count). The van der Waals surface area contributed by atoms with Crippen LogP contribution in [0.3, 0.4) is 0 Å². The standard InChI is InChI=1S/C10H12O6S/c1-15-7-4-6(10(11)12)5-8(16-2)9(7)17(3,13)14/h4-5H,1-3H3,(H,11,12). The quantitative estimate of drug-likeness (QED) is 0.861. The highest BCUT2D eigenvalue weighted by atomic mass is 32.2. The minimum Gasteiger partial charge on any atom is -0.495 e. The fourth-order valence-corrected chi connectivity index (χ4v) is 2.38. The number of rotatable bonds is 4. The molecule has 0 aromatic heterocycles.